The Balaban J connectivity index is 1.44. The Morgan fingerprint density at radius 2 is 1.97 bits per heavy atom. The van der Waals surface area contributed by atoms with Crippen molar-refractivity contribution in [1.82, 2.24) is 14.9 Å². The number of hydrogen-bond donors (Lipinski definition) is 2. The van der Waals surface area contributed by atoms with Gasteiger partial charge >= 0.3 is 6.09 Å². The van der Waals surface area contributed by atoms with Gasteiger partial charge in [0.2, 0.25) is 5.88 Å². The first-order chi connectivity index (χ1) is 16.6. The highest BCUT2D eigenvalue weighted by Gasteiger charge is 2.43. The number of carbonyl (C=O) groups excluding carboxylic acids is 1. The summed E-state index contributed by atoms with van der Waals surface area (Å²) in [4.78, 5) is 23.3. The van der Waals surface area contributed by atoms with Gasteiger partial charge in [-0.15, -0.1) is 0 Å². The van der Waals surface area contributed by atoms with E-state index in [9.17, 15) is 9.90 Å². The van der Waals surface area contributed by atoms with Crippen LogP contribution in [0, 0.1) is 12.3 Å². The minimum absolute atomic E-state index is 0.0787. The van der Waals surface area contributed by atoms with Crippen molar-refractivity contribution in [3.8, 4) is 5.88 Å². The van der Waals surface area contributed by atoms with Crippen LogP contribution in [0.25, 0.3) is 0 Å². The highest BCUT2D eigenvalue weighted by atomic mass is 35.5. The quantitative estimate of drug-likeness (QED) is 0.593. The number of fused-ring (bicyclic) bond motifs is 2. The molecule has 10 heteroatoms. The van der Waals surface area contributed by atoms with Crippen LogP contribution in [0.5, 0.6) is 5.88 Å². The molecule has 2 unspecified atom stereocenters. The monoisotopic (exact) mass is 504 g/mol. The van der Waals surface area contributed by atoms with Crippen molar-refractivity contribution < 1.29 is 24.1 Å². The van der Waals surface area contributed by atoms with E-state index in [1.165, 1.54) is 6.33 Å². The van der Waals surface area contributed by atoms with Gasteiger partial charge < -0.3 is 24.6 Å². The van der Waals surface area contributed by atoms with Crippen LogP contribution in [-0.4, -0.2) is 64.1 Å². The number of anilines is 2. The van der Waals surface area contributed by atoms with E-state index in [1.54, 1.807) is 18.2 Å². The second kappa shape index (κ2) is 10.6. The molecular weight excluding hydrogens is 472 g/mol. The average molecular weight is 505 g/mol. The molecule has 2 N–H and O–H groups in total. The molecule has 2 aliphatic heterocycles. The number of amides is 1. The van der Waals surface area contributed by atoms with Crippen LogP contribution in [0.4, 0.5) is 16.3 Å². The van der Waals surface area contributed by atoms with Crippen molar-refractivity contribution in [3.05, 3.63) is 40.7 Å². The Labute approximate surface area is 210 Å². The second-order valence-electron chi connectivity index (χ2n) is 10.3. The van der Waals surface area contributed by atoms with Gasteiger partial charge in [-0.05, 0) is 30.0 Å². The zero-order chi connectivity index (χ0) is 25.2. The van der Waals surface area contributed by atoms with Crippen LogP contribution >= 0.6 is 11.6 Å². The van der Waals surface area contributed by atoms with Crippen LogP contribution in [0.15, 0.2) is 24.5 Å². The normalized spacial score (nSPS) is 22.0. The van der Waals surface area contributed by atoms with Gasteiger partial charge in [0.05, 0.1) is 54.8 Å². The lowest BCUT2D eigenvalue weighted by Gasteiger charge is -2.47. The van der Waals surface area contributed by atoms with Gasteiger partial charge in [0.15, 0.2) is 0 Å². The number of hydrogen-bond acceptors (Lipinski definition) is 8. The summed E-state index contributed by atoms with van der Waals surface area (Å²) in [5.41, 5.74) is 2.06. The maximum absolute atomic E-state index is 12.8. The summed E-state index contributed by atoms with van der Waals surface area (Å²) in [5, 5.41) is 13.0. The van der Waals surface area contributed by atoms with Crippen molar-refractivity contribution in [1.29, 1.82) is 0 Å². The number of aliphatic hydroxyl groups is 1. The largest absolute Gasteiger partial charge is 0.474 e. The number of nitrogens with one attached hydrogen (secondary N) is 1. The molecule has 2 aliphatic rings. The predicted octanol–water partition coefficient (Wildman–Crippen LogP) is 4.47. The molecule has 2 aromatic rings. The fraction of sp³-hybridized carbons (Fsp3) is 0.560. The van der Waals surface area contributed by atoms with Crippen LogP contribution in [0.1, 0.15) is 44.7 Å². The van der Waals surface area contributed by atoms with Crippen LogP contribution < -0.4 is 10.1 Å². The van der Waals surface area contributed by atoms with Gasteiger partial charge in [0, 0.05) is 12.8 Å². The average Bonchev–Trinajstić information content (AvgIpc) is 2.80. The number of aromatic nitrogens is 2. The first-order valence-electron chi connectivity index (χ1n) is 11.8. The molecule has 2 saturated heterocycles. The minimum Gasteiger partial charge on any atom is -0.474 e. The second-order valence-corrected chi connectivity index (χ2v) is 10.7. The summed E-state index contributed by atoms with van der Waals surface area (Å²) in [7, 11) is 0. The highest BCUT2D eigenvalue weighted by molar-refractivity contribution is 6.33. The number of piperidine rings is 1. The zero-order valence-corrected chi connectivity index (χ0v) is 21.3. The summed E-state index contributed by atoms with van der Waals surface area (Å²) in [6, 6.07) is 5.08. The molecular formula is C25H33ClN4O5. The predicted molar refractivity (Wildman–Crippen MR) is 132 cm³/mol. The highest BCUT2D eigenvalue weighted by Crippen LogP contribution is 2.34. The molecule has 0 aliphatic carbocycles. The Kier molecular flexibility index (Phi) is 7.68. The van der Waals surface area contributed by atoms with Crippen molar-refractivity contribution in [2.75, 3.05) is 25.1 Å². The summed E-state index contributed by atoms with van der Waals surface area (Å²) in [5.74, 6) is 1.07. The first-order valence-corrected chi connectivity index (χ1v) is 12.2. The SMILES string of the molecule is Cc1c(Nc2ccc(CO)cc2Cl)ncnc1OC1CC2COCC(C1)N2C(=O)OCC(C)(C)C. The zero-order valence-electron chi connectivity index (χ0n) is 20.6. The standard InChI is InChI=1S/C25H33ClN4O5/c1-15-22(29-21-6-5-16(10-31)7-20(21)26)27-14-28-23(15)35-19-8-17-11-33-12-18(9-19)30(17)24(32)34-13-25(2,3)4/h5-7,14,17-19,31H,8-13H2,1-4H3,(H,27,28,29). The van der Waals surface area contributed by atoms with E-state index in [4.69, 9.17) is 25.8 Å². The Morgan fingerprint density at radius 1 is 1.26 bits per heavy atom. The molecule has 2 fully saturated rings. The molecule has 0 radical (unpaired) electrons. The molecule has 1 aromatic carbocycles. The van der Waals surface area contributed by atoms with Gasteiger partial charge in [0.1, 0.15) is 18.2 Å². The van der Waals surface area contributed by atoms with E-state index in [2.05, 4.69) is 15.3 Å². The van der Waals surface area contributed by atoms with Gasteiger partial charge in [-0.1, -0.05) is 38.4 Å². The molecule has 0 saturated carbocycles. The number of halogens is 1. The van der Waals surface area contributed by atoms with Crippen molar-refractivity contribution >= 4 is 29.2 Å². The summed E-state index contributed by atoms with van der Waals surface area (Å²) >= 11 is 6.34. The molecule has 9 nitrogen and oxygen atoms in total. The molecule has 3 heterocycles. The van der Waals surface area contributed by atoms with Crippen LogP contribution in [0.2, 0.25) is 5.02 Å². The fourth-order valence-corrected chi connectivity index (χ4v) is 4.59. The number of morpholine rings is 1. The third-order valence-electron chi connectivity index (χ3n) is 6.10. The third kappa shape index (κ3) is 6.15. The smallest absolute Gasteiger partial charge is 0.410 e. The Morgan fingerprint density at radius 3 is 2.60 bits per heavy atom. The number of carbonyl (C=O) groups is 1. The maximum Gasteiger partial charge on any atom is 0.410 e. The molecule has 1 aromatic heterocycles. The molecule has 2 atom stereocenters. The molecule has 0 spiro atoms. The number of nitrogens with zero attached hydrogens (tertiary/aromatic N) is 3. The third-order valence-corrected chi connectivity index (χ3v) is 6.41. The minimum atomic E-state index is -0.287. The van der Waals surface area contributed by atoms with Gasteiger partial charge in [-0.25, -0.2) is 14.8 Å². The van der Waals surface area contributed by atoms with E-state index < -0.39 is 0 Å². The van der Waals surface area contributed by atoms with E-state index in [-0.39, 0.29) is 36.3 Å². The lowest BCUT2D eigenvalue weighted by Crippen LogP contribution is -2.61. The number of benzene rings is 1. The summed E-state index contributed by atoms with van der Waals surface area (Å²) in [6.07, 6.45) is 2.30. The molecule has 2 bridgehead atoms. The fourth-order valence-electron chi connectivity index (χ4n) is 4.33. The van der Waals surface area contributed by atoms with E-state index in [0.29, 0.717) is 55.1 Å². The number of aliphatic hydroxyl groups excluding tert-OH is 1. The van der Waals surface area contributed by atoms with Crippen molar-refractivity contribution in [3.63, 3.8) is 0 Å². The van der Waals surface area contributed by atoms with Gasteiger partial charge in [-0.2, -0.15) is 0 Å². The number of ether oxygens (including phenoxy) is 3. The number of rotatable bonds is 6. The molecule has 4 rings (SSSR count). The summed E-state index contributed by atoms with van der Waals surface area (Å²) < 4.78 is 17.6. The molecule has 35 heavy (non-hydrogen) atoms. The Bertz CT molecular complexity index is 1050. The van der Waals surface area contributed by atoms with Gasteiger partial charge in [0.25, 0.3) is 0 Å². The topological polar surface area (TPSA) is 106 Å². The van der Waals surface area contributed by atoms with Gasteiger partial charge in [-0.3, -0.25) is 4.90 Å². The van der Waals surface area contributed by atoms with Crippen LogP contribution in [-0.2, 0) is 16.1 Å². The van der Waals surface area contributed by atoms with Crippen LogP contribution in [0.3, 0.4) is 0 Å². The van der Waals surface area contributed by atoms with E-state index in [0.717, 1.165) is 11.1 Å². The molecule has 1 amide bonds. The molecule has 190 valence electrons. The lowest BCUT2D eigenvalue weighted by molar-refractivity contribution is -0.0928. The van der Waals surface area contributed by atoms with Crippen molar-refractivity contribution in [2.24, 2.45) is 5.41 Å². The maximum atomic E-state index is 12.8. The van der Waals surface area contributed by atoms with Crippen molar-refractivity contribution in [2.45, 2.75) is 65.3 Å². The van der Waals surface area contributed by atoms with E-state index in [1.807, 2.05) is 32.6 Å². The lowest BCUT2D eigenvalue weighted by atomic mass is 9.92. The first kappa shape index (κ1) is 25.5. The summed E-state index contributed by atoms with van der Waals surface area (Å²) in [6.45, 7) is 9.20. The van der Waals surface area contributed by atoms with E-state index >= 15 is 0 Å². The Hall–Kier alpha value is -2.62.